The van der Waals surface area contributed by atoms with Crippen molar-refractivity contribution in [3.8, 4) is 11.6 Å². The van der Waals surface area contributed by atoms with E-state index in [4.69, 9.17) is 12.2 Å². The molecule has 132 valence electrons. The summed E-state index contributed by atoms with van der Waals surface area (Å²) in [5.74, 6) is -0.869. The summed E-state index contributed by atoms with van der Waals surface area (Å²) < 4.78 is 15.4. The summed E-state index contributed by atoms with van der Waals surface area (Å²) in [6.07, 6.45) is 0.887. The van der Waals surface area contributed by atoms with Crippen molar-refractivity contribution in [2.45, 2.75) is 12.5 Å². The number of hydrogen-bond acceptors (Lipinski definition) is 3. The van der Waals surface area contributed by atoms with Crippen LogP contribution in [-0.4, -0.2) is 21.2 Å². The topological polar surface area (TPSA) is 74.6 Å². The maximum Gasteiger partial charge on any atom is 0.265 e. The molecule has 0 radical (unpaired) electrons. The molecule has 26 heavy (non-hydrogen) atoms. The molecule has 0 saturated carbocycles. The number of H-pyrrole nitrogens is 1. The molecule has 1 aliphatic rings. The van der Waals surface area contributed by atoms with Crippen LogP contribution in [0.5, 0.6) is 5.88 Å². The van der Waals surface area contributed by atoms with Crippen LogP contribution in [0.3, 0.4) is 0 Å². The third-order valence-corrected chi connectivity index (χ3v) is 5.02. The molecule has 0 fully saturated rings. The first-order valence-electron chi connectivity index (χ1n) is 8.32. The van der Waals surface area contributed by atoms with Crippen LogP contribution < -0.4 is 10.9 Å². The second kappa shape index (κ2) is 6.51. The zero-order valence-corrected chi connectivity index (χ0v) is 14.6. The fourth-order valence-corrected chi connectivity index (χ4v) is 3.82. The Morgan fingerprint density at radius 1 is 1.19 bits per heavy atom. The minimum absolute atomic E-state index is 0.0505. The van der Waals surface area contributed by atoms with Crippen LogP contribution in [0.4, 0.5) is 4.39 Å². The lowest BCUT2D eigenvalue weighted by molar-refractivity contribution is -0.690. The Morgan fingerprint density at radius 3 is 2.73 bits per heavy atom. The molecular weight excluding hydrogens is 353 g/mol. The molecule has 4 N–H and O–H groups in total. The van der Waals surface area contributed by atoms with Gasteiger partial charge in [0.15, 0.2) is 4.77 Å². The van der Waals surface area contributed by atoms with Crippen LogP contribution >= 0.6 is 12.2 Å². The van der Waals surface area contributed by atoms with Crippen LogP contribution in [0.25, 0.3) is 5.69 Å². The summed E-state index contributed by atoms with van der Waals surface area (Å²) in [6.45, 7) is 0.788. The van der Waals surface area contributed by atoms with Gasteiger partial charge in [0, 0.05) is 12.0 Å². The second-order valence-corrected chi connectivity index (χ2v) is 6.62. The number of nitrogens with one attached hydrogen (secondary N) is 1. The van der Waals surface area contributed by atoms with Crippen molar-refractivity contribution in [2.24, 2.45) is 0 Å². The van der Waals surface area contributed by atoms with Crippen LogP contribution in [0.2, 0.25) is 0 Å². The van der Waals surface area contributed by atoms with Crippen molar-refractivity contribution >= 4 is 12.2 Å². The van der Waals surface area contributed by atoms with Gasteiger partial charge in [0.2, 0.25) is 5.88 Å². The lowest BCUT2D eigenvalue weighted by atomic mass is 9.90. The molecule has 1 aliphatic heterocycles. The highest BCUT2D eigenvalue weighted by Gasteiger charge is 2.31. The van der Waals surface area contributed by atoms with Gasteiger partial charge in [-0.25, -0.2) is 4.39 Å². The lowest BCUT2D eigenvalue weighted by Crippen LogP contribution is -2.87. The normalized spacial score (nSPS) is 16.3. The molecule has 1 atom stereocenters. The van der Waals surface area contributed by atoms with Crippen molar-refractivity contribution < 1.29 is 14.8 Å². The summed E-state index contributed by atoms with van der Waals surface area (Å²) in [5, 5.41) is 12.9. The fraction of sp³-hybridized carbons (Fsp3) is 0.158. The monoisotopic (exact) mass is 370 g/mol. The molecule has 0 aliphatic carbocycles. The molecule has 5 nitrogen and oxygen atoms in total. The van der Waals surface area contributed by atoms with E-state index < -0.39 is 11.4 Å². The molecule has 1 aromatic heterocycles. The number of nitrogens with zero attached hydrogens (tertiary/aromatic N) is 1. The van der Waals surface area contributed by atoms with Gasteiger partial charge in [-0.3, -0.25) is 14.3 Å². The van der Waals surface area contributed by atoms with E-state index in [2.05, 4.69) is 4.98 Å². The van der Waals surface area contributed by atoms with Gasteiger partial charge in [0.25, 0.3) is 5.56 Å². The molecule has 0 spiro atoms. The molecule has 4 rings (SSSR count). The molecule has 0 bridgehead atoms. The number of hydrogen-bond donors (Lipinski definition) is 3. The number of aromatic nitrogens is 2. The Kier molecular flexibility index (Phi) is 4.18. The van der Waals surface area contributed by atoms with E-state index in [-0.39, 0.29) is 27.9 Å². The number of nitrogens with two attached hydrogens (primary N) is 1. The number of aromatic hydroxyl groups is 1. The lowest BCUT2D eigenvalue weighted by Gasteiger charge is -2.24. The minimum Gasteiger partial charge on any atom is -0.494 e. The van der Waals surface area contributed by atoms with Gasteiger partial charge in [-0.15, -0.1) is 0 Å². The van der Waals surface area contributed by atoms with Gasteiger partial charge in [-0.2, -0.15) is 0 Å². The maximum absolute atomic E-state index is 14.3. The first kappa shape index (κ1) is 16.7. The Bertz CT molecular complexity index is 1110. The molecule has 0 amide bonds. The standard InChI is InChI=1S/C19H16FN3O2S/c20-13-7-3-4-8-14(13)23-18(25)15(17(24)22-19(23)26)16-12-6-2-1-5-11(12)9-10-21-16/h1-8,16,21,25H,9-10H2,(H,22,24,26)/p+1/t16-/m1/s1. The molecular formula is C19H17FN3O2S+. The van der Waals surface area contributed by atoms with Crippen LogP contribution in [-0.2, 0) is 6.42 Å². The predicted molar refractivity (Wildman–Crippen MR) is 97.6 cm³/mol. The number of aromatic amines is 1. The highest BCUT2D eigenvalue weighted by atomic mass is 32.1. The minimum atomic E-state index is -0.537. The van der Waals surface area contributed by atoms with Gasteiger partial charge in [-0.05, 0) is 29.9 Å². The van der Waals surface area contributed by atoms with Crippen molar-refractivity contribution in [3.63, 3.8) is 0 Å². The van der Waals surface area contributed by atoms with Gasteiger partial charge >= 0.3 is 0 Å². The summed E-state index contributed by atoms with van der Waals surface area (Å²) in [6, 6.07) is 13.4. The Balaban J connectivity index is 1.98. The maximum atomic E-state index is 14.3. The summed E-state index contributed by atoms with van der Waals surface area (Å²) in [4.78, 5) is 15.2. The average molecular weight is 370 g/mol. The van der Waals surface area contributed by atoms with Crippen LogP contribution in [0, 0.1) is 10.6 Å². The predicted octanol–water partition coefficient (Wildman–Crippen LogP) is 1.95. The molecule has 0 saturated heterocycles. The van der Waals surface area contributed by atoms with Gasteiger partial charge in [-0.1, -0.05) is 36.4 Å². The van der Waals surface area contributed by atoms with Crippen LogP contribution in [0.1, 0.15) is 22.7 Å². The van der Waals surface area contributed by atoms with E-state index >= 15 is 0 Å². The number of fused-ring (bicyclic) bond motifs is 1. The smallest absolute Gasteiger partial charge is 0.265 e. The van der Waals surface area contributed by atoms with E-state index in [0.717, 1.165) is 24.1 Å². The zero-order valence-electron chi connectivity index (χ0n) is 13.8. The van der Waals surface area contributed by atoms with Gasteiger partial charge < -0.3 is 10.4 Å². The Hall–Kier alpha value is -2.77. The quantitative estimate of drug-likeness (QED) is 0.604. The van der Waals surface area contributed by atoms with Gasteiger partial charge in [0.05, 0.1) is 12.2 Å². The third-order valence-electron chi connectivity index (χ3n) is 4.73. The summed E-state index contributed by atoms with van der Waals surface area (Å²) >= 11 is 5.18. The molecule has 0 unspecified atom stereocenters. The number of quaternary nitrogens is 1. The first-order chi connectivity index (χ1) is 12.6. The van der Waals surface area contributed by atoms with E-state index in [1.165, 1.54) is 16.7 Å². The molecule has 3 aromatic rings. The van der Waals surface area contributed by atoms with Gasteiger partial charge in [0.1, 0.15) is 17.4 Å². The van der Waals surface area contributed by atoms with Crippen molar-refractivity contribution in [1.29, 1.82) is 0 Å². The highest BCUT2D eigenvalue weighted by Crippen LogP contribution is 2.30. The second-order valence-electron chi connectivity index (χ2n) is 6.23. The largest absolute Gasteiger partial charge is 0.494 e. The SMILES string of the molecule is O=c1[nH]c(=S)n(-c2ccccc2F)c(O)c1[C@@H]1[NH2+]CCc2ccccc21. The average Bonchev–Trinajstić information content (AvgIpc) is 2.63. The number of rotatable bonds is 2. The van der Waals surface area contributed by atoms with E-state index in [1.54, 1.807) is 12.1 Å². The zero-order chi connectivity index (χ0) is 18.3. The first-order valence-corrected chi connectivity index (χ1v) is 8.73. The van der Waals surface area contributed by atoms with E-state index in [0.29, 0.717) is 0 Å². The summed E-state index contributed by atoms with van der Waals surface area (Å²) in [7, 11) is 0. The third kappa shape index (κ3) is 2.65. The molecule has 7 heteroatoms. The highest BCUT2D eigenvalue weighted by molar-refractivity contribution is 7.71. The number of benzene rings is 2. The van der Waals surface area contributed by atoms with Crippen molar-refractivity contribution in [2.75, 3.05) is 6.54 Å². The number of para-hydroxylation sites is 1. The van der Waals surface area contributed by atoms with Crippen molar-refractivity contribution in [1.82, 2.24) is 9.55 Å². The van der Waals surface area contributed by atoms with E-state index in [9.17, 15) is 14.3 Å². The number of halogens is 1. The summed E-state index contributed by atoms with van der Waals surface area (Å²) in [5.41, 5.74) is 1.92. The molecule has 2 heterocycles. The van der Waals surface area contributed by atoms with Crippen molar-refractivity contribution in [3.05, 3.63) is 86.2 Å². The molecule has 2 aromatic carbocycles. The van der Waals surface area contributed by atoms with Crippen LogP contribution in [0.15, 0.2) is 53.3 Å². The Labute approximate surface area is 153 Å². The van der Waals surface area contributed by atoms with E-state index in [1.807, 2.05) is 29.6 Å². The fourth-order valence-electron chi connectivity index (χ4n) is 3.55. The Morgan fingerprint density at radius 2 is 1.92 bits per heavy atom.